The van der Waals surface area contributed by atoms with Gasteiger partial charge in [0, 0.05) is 18.5 Å². The number of nitrogens with one attached hydrogen (secondary N) is 1. The monoisotopic (exact) mass is 386 g/mol. The second-order valence-corrected chi connectivity index (χ2v) is 6.71. The summed E-state index contributed by atoms with van der Waals surface area (Å²) < 4.78 is 10.6. The Kier molecular flexibility index (Phi) is 5.56. The van der Waals surface area contributed by atoms with Crippen LogP contribution in [0.4, 0.5) is 4.79 Å². The molecule has 0 bridgehead atoms. The van der Waals surface area contributed by atoms with Crippen molar-refractivity contribution in [1.82, 2.24) is 10.3 Å². The Labute approximate surface area is 170 Å². The summed E-state index contributed by atoms with van der Waals surface area (Å²) in [5, 5.41) is 2.75. The number of benzene rings is 2. The molecule has 0 aliphatic heterocycles. The van der Waals surface area contributed by atoms with Crippen molar-refractivity contribution in [2.75, 3.05) is 20.3 Å². The maximum atomic E-state index is 12.1. The summed E-state index contributed by atoms with van der Waals surface area (Å²) >= 11 is 0. The molecule has 5 nitrogen and oxygen atoms in total. The van der Waals surface area contributed by atoms with Crippen LogP contribution in [0.25, 0.3) is 17.2 Å². The quantitative estimate of drug-likeness (QED) is 0.670. The first kappa shape index (κ1) is 18.7. The van der Waals surface area contributed by atoms with Crippen LogP contribution in [-0.4, -0.2) is 31.3 Å². The average molecular weight is 386 g/mol. The average Bonchev–Trinajstić information content (AvgIpc) is 3.09. The molecule has 146 valence electrons. The molecule has 2 aromatic carbocycles. The van der Waals surface area contributed by atoms with E-state index in [-0.39, 0.29) is 5.92 Å². The summed E-state index contributed by atoms with van der Waals surface area (Å²) in [6, 6.07) is 22.1. The minimum absolute atomic E-state index is 0.0599. The molecule has 1 aromatic heterocycles. The fourth-order valence-corrected chi connectivity index (χ4v) is 3.61. The Hall–Kier alpha value is -3.60. The fraction of sp³-hybridized carbons (Fsp3) is 0.167. The lowest BCUT2D eigenvalue weighted by atomic mass is 9.98. The zero-order chi connectivity index (χ0) is 20.1. The summed E-state index contributed by atoms with van der Waals surface area (Å²) in [5.41, 5.74) is 5.59. The standard InChI is InChI=1S/C24H22N2O3/c1-28-23-14-6-8-17(26-23)9-7-15-25-24(27)29-16-22-20-12-4-2-10-18(20)19-11-3-5-13-21(19)22/h2-14,22H,15-16H2,1H3,(H,25,27). The van der Waals surface area contributed by atoms with Crippen LogP contribution in [0.5, 0.6) is 5.88 Å². The Bertz CT molecular complexity index is 1000. The Balaban J connectivity index is 1.32. The van der Waals surface area contributed by atoms with Crippen LogP contribution >= 0.6 is 0 Å². The predicted octanol–water partition coefficient (Wildman–Crippen LogP) is 4.64. The van der Waals surface area contributed by atoms with Gasteiger partial charge in [-0.3, -0.25) is 0 Å². The highest BCUT2D eigenvalue weighted by Gasteiger charge is 2.28. The van der Waals surface area contributed by atoms with Crippen molar-refractivity contribution in [3.8, 4) is 17.0 Å². The summed E-state index contributed by atoms with van der Waals surface area (Å²) in [4.78, 5) is 16.4. The first-order chi connectivity index (χ1) is 14.3. The SMILES string of the molecule is COc1cccc(C=CCNC(=O)OCC2c3ccccc3-c3ccccc32)n1. The molecular weight excluding hydrogens is 364 g/mol. The normalized spacial score (nSPS) is 12.4. The van der Waals surface area contributed by atoms with Crippen molar-refractivity contribution < 1.29 is 14.3 Å². The van der Waals surface area contributed by atoms with E-state index in [0.717, 1.165) is 5.69 Å². The van der Waals surface area contributed by atoms with Gasteiger partial charge < -0.3 is 14.8 Å². The van der Waals surface area contributed by atoms with E-state index in [1.54, 1.807) is 13.2 Å². The molecule has 0 saturated heterocycles. The Morgan fingerprint density at radius 3 is 2.38 bits per heavy atom. The van der Waals surface area contributed by atoms with Gasteiger partial charge in [-0.1, -0.05) is 60.7 Å². The molecule has 1 aliphatic carbocycles. The van der Waals surface area contributed by atoms with E-state index in [4.69, 9.17) is 9.47 Å². The topological polar surface area (TPSA) is 60.5 Å². The van der Waals surface area contributed by atoms with Gasteiger partial charge >= 0.3 is 6.09 Å². The molecule has 0 atom stereocenters. The minimum atomic E-state index is -0.435. The van der Waals surface area contributed by atoms with E-state index in [2.05, 4.69) is 34.6 Å². The van der Waals surface area contributed by atoms with E-state index in [1.165, 1.54) is 22.3 Å². The fourth-order valence-electron chi connectivity index (χ4n) is 3.61. The number of rotatable bonds is 6. The Morgan fingerprint density at radius 1 is 1.00 bits per heavy atom. The number of methoxy groups -OCH3 is 1. The first-order valence-corrected chi connectivity index (χ1v) is 9.52. The van der Waals surface area contributed by atoms with Crippen molar-refractivity contribution in [1.29, 1.82) is 0 Å². The summed E-state index contributed by atoms with van der Waals surface area (Å²) in [7, 11) is 1.58. The molecular formula is C24H22N2O3. The number of pyridine rings is 1. The predicted molar refractivity (Wildman–Crippen MR) is 113 cm³/mol. The van der Waals surface area contributed by atoms with Crippen LogP contribution in [0.3, 0.4) is 0 Å². The van der Waals surface area contributed by atoms with Gasteiger partial charge in [0.2, 0.25) is 5.88 Å². The van der Waals surface area contributed by atoms with Gasteiger partial charge in [0.15, 0.2) is 0 Å². The van der Waals surface area contributed by atoms with Crippen LogP contribution in [0.2, 0.25) is 0 Å². The molecule has 0 radical (unpaired) electrons. The number of carbonyl (C=O) groups excluding carboxylic acids is 1. The molecule has 1 aliphatic rings. The lowest BCUT2D eigenvalue weighted by Gasteiger charge is -2.14. The summed E-state index contributed by atoms with van der Waals surface area (Å²) in [5.74, 6) is 0.612. The molecule has 29 heavy (non-hydrogen) atoms. The number of carbonyl (C=O) groups is 1. The van der Waals surface area contributed by atoms with Crippen LogP contribution in [0.15, 0.2) is 72.8 Å². The zero-order valence-corrected chi connectivity index (χ0v) is 16.2. The maximum absolute atomic E-state index is 12.1. The van der Waals surface area contributed by atoms with E-state index >= 15 is 0 Å². The smallest absolute Gasteiger partial charge is 0.407 e. The maximum Gasteiger partial charge on any atom is 0.407 e. The number of hydrogen-bond donors (Lipinski definition) is 1. The van der Waals surface area contributed by atoms with Gasteiger partial charge in [0.05, 0.1) is 12.8 Å². The van der Waals surface area contributed by atoms with Crippen LogP contribution < -0.4 is 10.1 Å². The van der Waals surface area contributed by atoms with E-state index in [0.29, 0.717) is 19.0 Å². The van der Waals surface area contributed by atoms with E-state index in [9.17, 15) is 4.79 Å². The molecule has 5 heteroatoms. The lowest BCUT2D eigenvalue weighted by molar-refractivity contribution is 0.144. The minimum Gasteiger partial charge on any atom is -0.481 e. The van der Waals surface area contributed by atoms with E-state index < -0.39 is 6.09 Å². The number of aromatic nitrogens is 1. The van der Waals surface area contributed by atoms with Gasteiger partial charge in [0.1, 0.15) is 6.61 Å². The van der Waals surface area contributed by atoms with Crippen LogP contribution in [0.1, 0.15) is 22.7 Å². The second-order valence-electron chi connectivity index (χ2n) is 6.71. The molecule has 1 amide bonds. The third-order valence-corrected chi connectivity index (χ3v) is 4.95. The van der Waals surface area contributed by atoms with Crippen LogP contribution in [0, 0.1) is 0 Å². The van der Waals surface area contributed by atoms with Crippen LogP contribution in [-0.2, 0) is 4.74 Å². The zero-order valence-electron chi connectivity index (χ0n) is 16.2. The number of ether oxygens (including phenoxy) is 2. The van der Waals surface area contributed by atoms with Gasteiger partial charge in [-0.2, -0.15) is 0 Å². The largest absolute Gasteiger partial charge is 0.481 e. The summed E-state index contributed by atoms with van der Waals surface area (Å²) in [6.07, 6.45) is 3.21. The molecule has 1 N–H and O–H groups in total. The highest BCUT2D eigenvalue weighted by atomic mass is 16.5. The van der Waals surface area contributed by atoms with Gasteiger partial charge in [-0.15, -0.1) is 0 Å². The van der Waals surface area contributed by atoms with Crippen molar-refractivity contribution in [3.63, 3.8) is 0 Å². The number of fused-ring (bicyclic) bond motifs is 3. The third kappa shape index (κ3) is 4.14. The molecule has 0 saturated carbocycles. The van der Waals surface area contributed by atoms with Gasteiger partial charge in [-0.25, -0.2) is 9.78 Å². The number of hydrogen-bond acceptors (Lipinski definition) is 4. The van der Waals surface area contributed by atoms with Crippen molar-refractivity contribution in [2.45, 2.75) is 5.92 Å². The highest BCUT2D eigenvalue weighted by molar-refractivity contribution is 5.79. The van der Waals surface area contributed by atoms with E-state index in [1.807, 2.05) is 48.6 Å². The highest BCUT2D eigenvalue weighted by Crippen LogP contribution is 2.44. The molecule has 1 heterocycles. The lowest BCUT2D eigenvalue weighted by Crippen LogP contribution is -2.26. The molecule has 0 unspecified atom stereocenters. The second kappa shape index (κ2) is 8.61. The van der Waals surface area contributed by atoms with Gasteiger partial charge in [0.25, 0.3) is 0 Å². The third-order valence-electron chi connectivity index (χ3n) is 4.95. The first-order valence-electron chi connectivity index (χ1n) is 9.52. The molecule has 4 rings (SSSR count). The van der Waals surface area contributed by atoms with Crippen molar-refractivity contribution in [3.05, 3.63) is 89.6 Å². The number of amides is 1. The number of alkyl carbamates (subject to hydrolysis) is 1. The van der Waals surface area contributed by atoms with Gasteiger partial charge in [-0.05, 0) is 34.4 Å². The summed E-state index contributed by atoms with van der Waals surface area (Å²) in [6.45, 7) is 0.663. The van der Waals surface area contributed by atoms with Crippen molar-refractivity contribution in [2.24, 2.45) is 0 Å². The number of nitrogens with zero attached hydrogens (tertiary/aromatic N) is 1. The Morgan fingerprint density at radius 2 is 1.69 bits per heavy atom. The van der Waals surface area contributed by atoms with Crippen molar-refractivity contribution >= 4 is 12.2 Å². The molecule has 0 fully saturated rings. The molecule has 3 aromatic rings. The molecule has 0 spiro atoms.